The molecule has 0 aliphatic carbocycles. The van der Waals surface area contributed by atoms with Gasteiger partial charge in [-0.25, -0.2) is 8.42 Å². The Labute approximate surface area is 130 Å². The number of nitrogens with zero attached hydrogens (tertiary/aromatic N) is 1. The predicted molar refractivity (Wildman–Crippen MR) is 82.2 cm³/mol. The maximum Gasteiger partial charge on any atom is 0.238 e. The minimum Gasteiger partial charge on any atom is -0.338 e. The molecule has 1 heterocycles. The van der Waals surface area contributed by atoms with Crippen LogP contribution in [0.3, 0.4) is 0 Å². The largest absolute Gasteiger partial charge is 0.338 e. The van der Waals surface area contributed by atoms with Crippen LogP contribution in [0.4, 0.5) is 0 Å². The molecule has 0 aromatic heterocycles. The maximum absolute atomic E-state index is 12.3. The fourth-order valence-corrected chi connectivity index (χ4v) is 3.92. The van der Waals surface area contributed by atoms with Crippen molar-refractivity contribution in [1.29, 1.82) is 0 Å². The Morgan fingerprint density at radius 2 is 2.05 bits per heavy atom. The number of sulfone groups is 1. The number of hydrogen-bond donors (Lipinski definition) is 1. The van der Waals surface area contributed by atoms with Gasteiger partial charge in [-0.3, -0.25) is 4.79 Å². The summed E-state index contributed by atoms with van der Waals surface area (Å²) in [5.74, 6) is -0.822. The molecule has 1 aromatic carbocycles. The lowest BCUT2D eigenvalue weighted by atomic mass is 10.2. The van der Waals surface area contributed by atoms with E-state index in [1.165, 1.54) is 24.3 Å². The first-order valence-electron chi connectivity index (χ1n) is 6.86. The molecule has 1 aliphatic rings. The third kappa shape index (κ3) is 3.96. The highest BCUT2D eigenvalue weighted by Crippen LogP contribution is 2.20. The van der Waals surface area contributed by atoms with Crippen LogP contribution in [0.1, 0.15) is 12.8 Å². The number of rotatable bonds is 5. The first-order valence-corrected chi connectivity index (χ1v) is 8.89. The van der Waals surface area contributed by atoms with Crippen molar-refractivity contribution in [2.24, 2.45) is 0 Å². The highest BCUT2D eigenvalue weighted by molar-refractivity contribution is 7.92. The van der Waals surface area contributed by atoms with Crippen molar-refractivity contribution in [3.63, 3.8) is 0 Å². The van der Waals surface area contributed by atoms with Gasteiger partial charge in [0.1, 0.15) is 5.75 Å². The van der Waals surface area contributed by atoms with Gasteiger partial charge in [0.05, 0.1) is 4.90 Å². The number of carbonyl (C=O) groups excluding carboxylic acids is 1. The molecule has 1 saturated heterocycles. The second-order valence-electron chi connectivity index (χ2n) is 5.15. The smallest absolute Gasteiger partial charge is 0.238 e. The van der Waals surface area contributed by atoms with Crippen molar-refractivity contribution >= 4 is 27.3 Å². The van der Waals surface area contributed by atoms with Crippen molar-refractivity contribution in [2.45, 2.75) is 23.8 Å². The summed E-state index contributed by atoms with van der Waals surface area (Å²) in [6.07, 6.45) is 1.83. The average Bonchev–Trinajstić information content (AvgIpc) is 2.87. The van der Waals surface area contributed by atoms with Crippen molar-refractivity contribution in [2.75, 3.05) is 25.9 Å². The van der Waals surface area contributed by atoms with Crippen molar-refractivity contribution in [1.82, 2.24) is 10.2 Å². The summed E-state index contributed by atoms with van der Waals surface area (Å²) in [5.41, 5.74) is 0. The van der Waals surface area contributed by atoms with E-state index in [1.54, 1.807) is 4.90 Å². The van der Waals surface area contributed by atoms with Gasteiger partial charge in [0, 0.05) is 24.2 Å². The van der Waals surface area contributed by atoms with Crippen LogP contribution in [-0.2, 0) is 14.6 Å². The number of likely N-dealkylation sites (N-methyl/N-ethyl adjacent to an activating group) is 1. The SMILES string of the molecule is CNC[C@@H]1CCCN1C(=O)CS(=O)(=O)c1ccc(Cl)cc1. The first kappa shape index (κ1) is 16.3. The fraction of sp³-hybridized carbons (Fsp3) is 0.500. The van der Waals surface area contributed by atoms with Gasteiger partial charge in [-0.05, 0) is 44.2 Å². The summed E-state index contributed by atoms with van der Waals surface area (Å²) in [6.45, 7) is 1.31. The summed E-state index contributed by atoms with van der Waals surface area (Å²) < 4.78 is 24.5. The molecule has 116 valence electrons. The van der Waals surface area contributed by atoms with E-state index in [1.807, 2.05) is 7.05 Å². The Kier molecular flexibility index (Phi) is 5.24. The monoisotopic (exact) mass is 330 g/mol. The maximum atomic E-state index is 12.3. The van der Waals surface area contributed by atoms with Crippen molar-refractivity contribution in [3.8, 4) is 0 Å². The molecule has 0 unspecified atom stereocenters. The lowest BCUT2D eigenvalue weighted by molar-refractivity contribution is -0.129. The van der Waals surface area contributed by atoms with E-state index < -0.39 is 15.6 Å². The molecule has 21 heavy (non-hydrogen) atoms. The number of nitrogens with one attached hydrogen (secondary N) is 1. The lowest BCUT2D eigenvalue weighted by Crippen LogP contribution is -2.43. The molecule has 0 spiro atoms. The third-order valence-corrected chi connectivity index (χ3v) is 5.49. The Morgan fingerprint density at radius 3 is 2.67 bits per heavy atom. The standard InChI is InChI=1S/C14H19ClN2O3S/c1-16-9-12-3-2-8-17(12)14(18)10-21(19,20)13-6-4-11(15)5-7-13/h4-7,12,16H,2-3,8-10H2,1H3/t12-/m0/s1. The van der Waals surface area contributed by atoms with Crippen LogP contribution >= 0.6 is 11.6 Å². The molecule has 1 atom stereocenters. The second-order valence-corrected chi connectivity index (χ2v) is 7.58. The van der Waals surface area contributed by atoms with Gasteiger partial charge >= 0.3 is 0 Å². The Hall–Kier alpha value is -1.11. The van der Waals surface area contributed by atoms with Gasteiger partial charge < -0.3 is 10.2 Å². The van der Waals surface area contributed by atoms with E-state index in [0.717, 1.165) is 12.8 Å². The predicted octanol–water partition coefficient (Wildman–Crippen LogP) is 1.32. The third-order valence-electron chi connectivity index (χ3n) is 3.62. The minimum absolute atomic E-state index is 0.0860. The van der Waals surface area contributed by atoms with E-state index in [-0.39, 0.29) is 16.8 Å². The molecular formula is C14H19ClN2O3S. The van der Waals surface area contributed by atoms with Gasteiger partial charge in [-0.2, -0.15) is 0 Å². The van der Waals surface area contributed by atoms with E-state index in [2.05, 4.69) is 5.32 Å². The van der Waals surface area contributed by atoms with Crippen LogP contribution in [0, 0.1) is 0 Å². The molecule has 7 heteroatoms. The van der Waals surface area contributed by atoms with Gasteiger partial charge in [0.25, 0.3) is 0 Å². The summed E-state index contributed by atoms with van der Waals surface area (Å²) in [7, 11) is -1.80. The number of likely N-dealkylation sites (tertiary alicyclic amines) is 1. The lowest BCUT2D eigenvalue weighted by Gasteiger charge is -2.24. The van der Waals surface area contributed by atoms with Crippen LogP contribution in [-0.4, -0.2) is 51.2 Å². The van der Waals surface area contributed by atoms with Gasteiger partial charge in [-0.15, -0.1) is 0 Å². The number of benzene rings is 1. The second kappa shape index (κ2) is 6.77. The Balaban J connectivity index is 2.09. The quantitative estimate of drug-likeness (QED) is 0.884. The van der Waals surface area contributed by atoms with Crippen molar-refractivity contribution in [3.05, 3.63) is 29.3 Å². The topological polar surface area (TPSA) is 66.5 Å². The van der Waals surface area contributed by atoms with Crippen molar-refractivity contribution < 1.29 is 13.2 Å². The highest BCUT2D eigenvalue weighted by Gasteiger charge is 2.31. The summed E-state index contributed by atoms with van der Waals surface area (Å²) in [6, 6.07) is 5.97. The average molecular weight is 331 g/mol. The summed E-state index contributed by atoms with van der Waals surface area (Å²) >= 11 is 5.75. The zero-order chi connectivity index (χ0) is 15.5. The molecule has 1 amide bonds. The molecule has 2 rings (SSSR count). The van der Waals surface area contributed by atoms with Crippen LogP contribution in [0.2, 0.25) is 5.02 Å². The molecule has 1 fully saturated rings. The van der Waals surface area contributed by atoms with Gasteiger partial charge in [0.2, 0.25) is 5.91 Å². The number of hydrogen-bond acceptors (Lipinski definition) is 4. The molecule has 5 nitrogen and oxygen atoms in total. The van der Waals surface area contributed by atoms with Crippen LogP contribution in [0.25, 0.3) is 0 Å². The van der Waals surface area contributed by atoms with E-state index >= 15 is 0 Å². The Morgan fingerprint density at radius 1 is 1.38 bits per heavy atom. The Bertz CT molecular complexity index is 601. The number of halogens is 1. The molecular weight excluding hydrogens is 312 g/mol. The van der Waals surface area contributed by atoms with Gasteiger partial charge in [-0.1, -0.05) is 11.6 Å². The van der Waals surface area contributed by atoms with E-state index in [4.69, 9.17) is 11.6 Å². The minimum atomic E-state index is -3.62. The summed E-state index contributed by atoms with van der Waals surface area (Å²) in [5, 5.41) is 3.50. The molecule has 0 radical (unpaired) electrons. The normalized spacial score (nSPS) is 19.0. The summed E-state index contributed by atoms with van der Waals surface area (Å²) in [4.78, 5) is 14.1. The van der Waals surface area contributed by atoms with Crippen LogP contribution < -0.4 is 5.32 Å². The van der Waals surface area contributed by atoms with E-state index in [0.29, 0.717) is 18.1 Å². The fourth-order valence-electron chi connectivity index (χ4n) is 2.58. The molecule has 1 aromatic rings. The van der Waals surface area contributed by atoms with Gasteiger partial charge in [0.15, 0.2) is 9.84 Å². The first-order chi connectivity index (χ1) is 9.94. The zero-order valence-electron chi connectivity index (χ0n) is 11.9. The highest BCUT2D eigenvalue weighted by atomic mass is 35.5. The van der Waals surface area contributed by atoms with E-state index in [9.17, 15) is 13.2 Å². The molecule has 1 N–H and O–H groups in total. The van der Waals surface area contributed by atoms with Crippen LogP contribution in [0.15, 0.2) is 29.2 Å². The molecule has 0 bridgehead atoms. The molecule has 0 saturated carbocycles. The number of carbonyl (C=O) groups is 1. The molecule has 1 aliphatic heterocycles. The number of amides is 1. The zero-order valence-corrected chi connectivity index (χ0v) is 13.5. The van der Waals surface area contributed by atoms with Crippen LogP contribution in [0.5, 0.6) is 0 Å².